The van der Waals surface area contributed by atoms with Crippen LogP contribution in [0.25, 0.3) is 0 Å². The van der Waals surface area contributed by atoms with Crippen LogP contribution >= 0.6 is 0 Å². The number of carboxylic acids is 2. The number of carbonyl (C=O) groups is 4. The lowest BCUT2D eigenvalue weighted by Crippen LogP contribution is -2.30. The van der Waals surface area contributed by atoms with E-state index in [4.69, 9.17) is 5.11 Å². The molecule has 0 fully saturated rings. The number of hydrogen-bond acceptors (Lipinski definition) is 4. The highest BCUT2D eigenvalue weighted by Crippen LogP contribution is 2.32. The highest BCUT2D eigenvalue weighted by atomic mass is 16.4. The second-order valence-electron chi connectivity index (χ2n) is 5.27. The number of amides is 2. The molecule has 0 radical (unpaired) electrons. The van der Waals surface area contributed by atoms with Crippen molar-refractivity contribution in [1.29, 1.82) is 0 Å². The van der Waals surface area contributed by atoms with Gasteiger partial charge in [0.1, 0.15) is 0 Å². The topological polar surface area (TPSA) is 112 Å². The fourth-order valence-corrected chi connectivity index (χ4v) is 2.69. The molecular formula is C17H11NO6. The molecule has 7 nitrogen and oxygen atoms in total. The Labute approximate surface area is 135 Å². The summed E-state index contributed by atoms with van der Waals surface area (Å²) in [6.07, 6.45) is 0. The average molecular weight is 325 g/mol. The van der Waals surface area contributed by atoms with Crippen LogP contribution in [0.2, 0.25) is 0 Å². The van der Waals surface area contributed by atoms with Crippen LogP contribution in [0.3, 0.4) is 0 Å². The molecule has 2 amide bonds. The second-order valence-corrected chi connectivity index (χ2v) is 5.27. The predicted molar refractivity (Wildman–Crippen MR) is 82.7 cm³/mol. The number of aromatic carboxylic acids is 2. The Morgan fingerprint density at radius 3 is 2.21 bits per heavy atom. The van der Waals surface area contributed by atoms with Gasteiger partial charge in [0, 0.05) is 0 Å². The van der Waals surface area contributed by atoms with Gasteiger partial charge < -0.3 is 10.2 Å². The zero-order chi connectivity index (χ0) is 17.6. The van der Waals surface area contributed by atoms with Crippen molar-refractivity contribution in [2.24, 2.45) is 0 Å². The molecule has 7 heteroatoms. The maximum Gasteiger partial charge on any atom is 0.336 e. The molecule has 0 spiro atoms. The summed E-state index contributed by atoms with van der Waals surface area (Å²) in [4.78, 5) is 48.3. The smallest absolute Gasteiger partial charge is 0.336 e. The van der Waals surface area contributed by atoms with Crippen LogP contribution in [-0.4, -0.2) is 34.0 Å². The van der Waals surface area contributed by atoms with Crippen molar-refractivity contribution in [3.05, 3.63) is 64.2 Å². The number of imide groups is 1. The fraction of sp³-hybridized carbons (Fsp3) is 0.0588. The van der Waals surface area contributed by atoms with Crippen LogP contribution in [0.5, 0.6) is 0 Å². The van der Waals surface area contributed by atoms with Gasteiger partial charge >= 0.3 is 11.9 Å². The van der Waals surface area contributed by atoms with Crippen LogP contribution in [0, 0.1) is 6.92 Å². The van der Waals surface area contributed by atoms with Gasteiger partial charge in [-0.3, -0.25) is 9.59 Å². The molecule has 0 saturated heterocycles. The Kier molecular flexibility index (Phi) is 3.41. The van der Waals surface area contributed by atoms with Crippen LogP contribution in [0.1, 0.15) is 47.0 Å². The normalized spacial score (nSPS) is 13.1. The Morgan fingerprint density at radius 2 is 1.58 bits per heavy atom. The summed E-state index contributed by atoms with van der Waals surface area (Å²) in [5.74, 6) is -3.67. The number of fused-ring (bicyclic) bond motifs is 1. The van der Waals surface area contributed by atoms with E-state index in [1.807, 2.05) is 0 Å². The Hall–Kier alpha value is -3.48. The minimum absolute atomic E-state index is 0.0139. The number of benzene rings is 2. The summed E-state index contributed by atoms with van der Waals surface area (Å²) in [6, 6.07) is 7.97. The van der Waals surface area contributed by atoms with E-state index in [9.17, 15) is 24.3 Å². The lowest BCUT2D eigenvalue weighted by molar-refractivity contribution is 0.0685. The molecule has 0 bridgehead atoms. The first-order valence-electron chi connectivity index (χ1n) is 6.92. The van der Waals surface area contributed by atoms with Gasteiger partial charge in [-0.1, -0.05) is 6.07 Å². The molecule has 0 saturated carbocycles. The predicted octanol–water partition coefficient (Wildman–Crippen LogP) is 2.19. The van der Waals surface area contributed by atoms with Gasteiger partial charge in [0.05, 0.1) is 27.9 Å². The molecule has 120 valence electrons. The van der Waals surface area contributed by atoms with Gasteiger partial charge in [-0.25, -0.2) is 14.5 Å². The van der Waals surface area contributed by atoms with E-state index >= 15 is 0 Å². The van der Waals surface area contributed by atoms with E-state index in [0.29, 0.717) is 0 Å². The van der Waals surface area contributed by atoms with E-state index in [2.05, 4.69) is 0 Å². The maximum atomic E-state index is 12.6. The monoisotopic (exact) mass is 325 g/mol. The van der Waals surface area contributed by atoms with Crippen molar-refractivity contribution in [2.75, 3.05) is 4.90 Å². The van der Waals surface area contributed by atoms with Gasteiger partial charge in [0.15, 0.2) is 0 Å². The molecule has 0 unspecified atom stereocenters. The second kappa shape index (κ2) is 5.31. The lowest BCUT2D eigenvalue weighted by Gasteiger charge is -2.17. The molecule has 1 aliphatic rings. The summed E-state index contributed by atoms with van der Waals surface area (Å²) in [5.41, 5.74) is 0.393. The van der Waals surface area contributed by atoms with Gasteiger partial charge in [-0.15, -0.1) is 0 Å². The quantitative estimate of drug-likeness (QED) is 0.837. The number of anilines is 1. The Bertz CT molecular complexity index is 931. The van der Waals surface area contributed by atoms with Crippen molar-refractivity contribution < 1.29 is 29.4 Å². The van der Waals surface area contributed by atoms with Crippen molar-refractivity contribution in [1.82, 2.24) is 0 Å². The number of carboxylic acid groups (broad SMARTS) is 2. The van der Waals surface area contributed by atoms with Gasteiger partial charge in [-0.05, 0) is 42.8 Å². The van der Waals surface area contributed by atoms with E-state index in [0.717, 1.165) is 11.0 Å². The summed E-state index contributed by atoms with van der Waals surface area (Å²) in [6.45, 7) is 1.50. The summed E-state index contributed by atoms with van der Waals surface area (Å²) < 4.78 is 0. The van der Waals surface area contributed by atoms with E-state index in [1.165, 1.54) is 37.3 Å². The zero-order valence-electron chi connectivity index (χ0n) is 12.4. The highest BCUT2D eigenvalue weighted by molar-refractivity contribution is 6.35. The zero-order valence-corrected chi connectivity index (χ0v) is 12.4. The van der Waals surface area contributed by atoms with Gasteiger partial charge in [0.25, 0.3) is 11.8 Å². The molecule has 2 N–H and O–H groups in total. The molecule has 2 aromatic rings. The minimum atomic E-state index is -1.21. The van der Waals surface area contributed by atoms with Crippen LogP contribution in [0.15, 0.2) is 36.4 Å². The summed E-state index contributed by atoms with van der Waals surface area (Å²) in [5, 5.41) is 18.2. The third-order valence-corrected chi connectivity index (χ3v) is 3.91. The molecule has 1 aliphatic heterocycles. The maximum absolute atomic E-state index is 12.6. The summed E-state index contributed by atoms with van der Waals surface area (Å²) in [7, 11) is 0. The third-order valence-electron chi connectivity index (χ3n) is 3.91. The summed E-state index contributed by atoms with van der Waals surface area (Å²) >= 11 is 0. The van der Waals surface area contributed by atoms with E-state index in [-0.39, 0.29) is 33.5 Å². The Balaban J connectivity index is 2.14. The van der Waals surface area contributed by atoms with Crippen molar-refractivity contribution in [2.45, 2.75) is 6.92 Å². The highest BCUT2D eigenvalue weighted by Gasteiger charge is 2.38. The first-order valence-corrected chi connectivity index (χ1v) is 6.92. The molecule has 3 rings (SSSR count). The molecule has 1 heterocycles. The number of hydrogen-bond donors (Lipinski definition) is 2. The van der Waals surface area contributed by atoms with Crippen molar-refractivity contribution in [3.8, 4) is 0 Å². The Morgan fingerprint density at radius 1 is 0.917 bits per heavy atom. The molecule has 0 aliphatic carbocycles. The van der Waals surface area contributed by atoms with Gasteiger partial charge in [-0.2, -0.15) is 0 Å². The van der Waals surface area contributed by atoms with Gasteiger partial charge in [0.2, 0.25) is 0 Å². The van der Waals surface area contributed by atoms with Crippen LogP contribution in [0.4, 0.5) is 5.69 Å². The average Bonchev–Trinajstić information content (AvgIpc) is 2.78. The van der Waals surface area contributed by atoms with E-state index < -0.39 is 23.8 Å². The SMILES string of the molecule is Cc1c(C(=O)O)cccc1N1C(=O)c2ccc(C(=O)O)cc2C1=O. The first-order chi connectivity index (χ1) is 11.3. The first kappa shape index (κ1) is 15.4. The number of carbonyl (C=O) groups excluding carboxylic acids is 2. The lowest BCUT2D eigenvalue weighted by atomic mass is 10.1. The fourth-order valence-electron chi connectivity index (χ4n) is 2.69. The number of rotatable bonds is 3. The standard InChI is InChI=1S/C17H11NO6/c1-8-10(17(23)24)3-2-4-13(8)18-14(19)11-6-5-9(16(21)22)7-12(11)15(18)20/h2-7H,1H3,(H,21,22)(H,23,24). The molecule has 24 heavy (non-hydrogen) atoms. The molecule has 0 atom stereocenters. The van der Waals surface area contributed by atoms with Crippen LogP contribution in [-0.2, 0) is 0 Å². The number of nitrogens with zero attached hydrogens (tertiary/aromatic N) is 1. The van der Waals surface area contributed by atoms with E-state index in [1.54, 1.807) is 0 Å². The molecular weight excluding hydrogens is 314 g/mol. The molecule has 0 aromatic heterocycles. The molecule has 2 aromatic carbocycles. The van der Waals surface area contributed by atoms with Crippen molar-refractivity contribution in [3.63, 3.8) is 0 Å². The minimum Gasteiger partial charge on any atom is -0.478 e. The van der Waals surface area contributed by atoms with Crippen molar-refractivity contribution >= 4 is 29.4 Å². The third kappa shape index (κ3) is 2.14. The van der Waals surface area contributed by atoms with Crippen LogP contribution < -0.4 is 4.90 Å². The largest absolute Gasteiger partial charge is 0.478 e.